The van der Waals surface area contributed by atoms with Gasteiger partial charge in [0.15, 0.2) is 0 Å². The van der Waals surface area contributed by atoms with Gasteiger partial charge in [0.1, 0.15) is 5.69 Å². The van der Waals surface area contributed by atoms with Crippen LogP contribution in [0.15, 0.2) is 12.3 Å². The molecule has 0 radical (unpaired) electrons. The fraction of sp³-hybridized carbons (Fsp3) is 0.500. The Morgan fingerprint density at radius 2 is 2.00 bits per heavy atom. The van der Waals surface area contributed by atoms with Gasteiger partial charge in [0.05, 0.1) is 0 Å². The molecule has 0 unspecified atom stereocenters. The molecule has 1 heterocycles. The maximum Gasteiger partial charge on any atom is 0.431 e. The van der Waals surface area contributed by atoms with Crippen LogP contribution < -0.4 is 0 Å². The van der Waals surface area contributed by atoms with Gasteiger partial charge in [0.25, 0.3) is 0 Å². The number of halogens is 3. The summed E-state index contributed by atoms with van der Waals surface area (Å²) in [5.74, 6) is 0.373. The third kappa shape index (κ3) is 1.33. The summed E-state index contributed by atoms with van der Waals surface area (Å²) in [6.07, 6.45) is -0.724. The molecule has 1 aromatic heterocycles. The minimum absolute atomic E-state index is 0.373. The van der Waals surface area contributed by atoms with E-state index in [-0.39, 0.29) is 0 Å². The Labute approximate surface area is 67.6 Å². The minimum atomic E-state index is -4.23. The van der Waals surface area contributed by atoms with E-state index in [9.17, 15) is 13.2 Å². The molecular weight excluding hydrogens is 167 g/mol. The van der Waals surface area contributed by atoms with Crippen LogP contribution in [0.5, 0.6) is 0 Å². The molecular formula is C8H8F3N. The largest absolute Gasteiger partial charge is 0.431 e. The van der Waals surface area contributed by atoms with Crippen LogP contribution in [0, 0.1) is 0 Å². The van der Waals surface area contributed by atoms with Gasteiger partial charge in [0, 0.05) is 6.20 Å². The predicted octanol–water partition coefficient (Wildman–Crippen LogP) is 2.91. The van der Waals surface area contributed by atoms with Crippen LogP contribution in [0.2, 0.25) is 0 Å². The van der Waals surface area contributed by atoms with Gasteiger partial charge in [0.2, 0.25) is 0 Å². The monoisotopic (exact) mass is 175 g/mol. The number of H-pyrrole nitrogens is 1. The highest BCUT2D eigenvalue weighted by atomic mass is 19.4. The van der Waals surface area contributed by atoms with Gasteiger partial charge in [-0.15, -0.1) is 0 Å². The fourth-order valence-electron chi connectivity index (χ4n) is 1.23. The molecule has 4 heteroatoms. The van der Waals surface area contributed by atoms with Crippen LogP contribution in [0.4, 0.5) is 13.2 Å². The standard InChI is InChI=1S/C8H8F3N/c9-8(10,11)7-3-6(4-12-7)5-1-2-5/h3-5,12H,1-2H2. The average molecular weight is 175 g/mol. The lowest BCUT2D eigenvalue weighted by Crippen LogP contribution is -2.04. The van der Waals surface area contributed by atoms with Crippen molar-refractivity contribution in [2.24, 2.45) is 0 Å². The van der Waals surface area contributed by atoms with Crippen LogP contribution in [0.25, 0.3) is 0 Å². The summed E-state index contributed by atoms with van der Waals surface area (Å²) in [6.45, 7) is 0. The molecule has 1 fully saturated rings. The topological polar surface area (TPSA) is 15.8 Å². The number of aromatic nitrogens is 1. The maximum atomic E-state index is 12.1. The number of nitrogens with one attached hydrogen (secondary N) is 1. The van der Waals surface area contributed by atoms with Crippen molar-refractivity contribution in [1.82, 2.24) is 4.98 Å². The molecule has 1 aliphatic carbocycles. The highest BCUT2D eigenvalue weighted by Gasteiger charge is 2.34. The van der Waals surface area contributed by atoms with Gasteiger partial charge in [-0.05, 0) is 30.4 Å². The Hall–Kier alpha value is -0.930. The molecule has 1 aliphatic rings. The third-order valence-electron chi connectivity index (χ3n) is 2.06. The molecule has 0 aliphatic heterocycles. The molecule has 0 saturated heterocycles. The molecule has 12 heavy (non-hydrogen) atoms. The molecule has 1 N–H and O–H groups in total. The molecule has 0 aromatic carbocycles. The van der Waals surface area contributed by atoms with E-state index in [1.165, 1.54) is 12.3 Å². The van der Waals surface area contributed by atoms with Crippen molar-refractivity contribution in [3.8, 4) is 0 Å². The van der Waals surface area contributed by atoms with E-state index in [4.69, 9.17) is 0 Å². The highest BCUT2D eigenvalue weighted by molar-refractivity contribution is 5.25. The normalized spacial score (nSPS) is 18.2. The predicted molar refractivity (Wildman–Crippen MR) is 37.8 cm³/mol. The van der Waals surface area contributed by atoms with Crippen LogP contribution in [0.1, 0.15) is 30.0 Å². The zero-order valence-corrected chi connectivity index (χ0v) is 6.28. The van der Waals surface area contributed by atoms with Crippen molar-refractivity contribution in [2.45, 2.75) is 24.9 Å². The van der Waals surface area contributed by atoms with Crippen LogP contribution >= 0.6 is 0 Å². The smallest absolute Gasteiger partial charge is 0.357 e. The quantitative estimate of drug-likeness (QED) is 0.675. The second kappa shape index (κ2) is 2.28. The van der Waals surface area contributed by atoms with Gasteiger partial charge >= 0.3 is 6.18 Å². The molecule has 2 rings (SSSR count). The van der Waals surface area contributed by atoms with Crippen LogP contribution in [-0.4, -0.2) is 4.98 Å². The minimum Gasteiger partial charge on any atom is -0.357 e. The summed E-state index contributed by atoms with van der Waals surface area (Å²) < 4.78 is 36.2. The molecule has 66 valence electrons. The Morgan fingerprint density at radius 1 is 1.33 bits per heavy atom. The van der Waals surface area contributed by atoms with E-state index in [0.717, 1.165) is 18.4 Å². The first-order valence-electron chi connectivity index (χ1n) is 3.83. The van der Waals surface area contributed by atoms with Crippen LogP contribution in [0.3, 0.4) is 0 Å². The molecule has 0 amide bonds. The van der Waals surface area contributed by atoms with Gasteiger partial charge < -0.3 is 4.98 Å². The number of alkyl halides is 3. The van der Waals surface area contributed by atoms with E-state index in [0.29, 0.717) is 5.92 Å². The summed E-state index contributed by atoms with van der Waals surface area (Å²) in [6, 6.07) is 1.21. The molecule has 1 saturated carbocycles. The second-order valence-electron chi connectivity index (χ2n) is 3.12. The Kier molecular flexibility index (Phi) is 1.46. The summed E-state index contributed by atoms with van der Waals surface area (Å²) >= 11 is 0. The van der Waals surface area contributed by atoms with Crippen molar-refractivity contribution in [3.63, 3.8) is 0 Å². The van der Waals surface area contributed by atoms with E-state index < -0.39 is 11.9 Å². The Balaban J connectivity index is 2.23. The van der Waals surface area contributed by atoms with Crippen molar-refractivity contribution in [2.75, 3.05) is 0 Å². The van der Waals surface area contributed by atoms with Crippen molar-refractivity contribution in [1.29, 1.82) is 0 Å². The molecule has 0 atom stereocenters. The maximum absolute atomic E-state index is 12.1. The first-order valence-corrected chi connectivity index (χ1v) is 3.83. The lowest BCUT2D eigenvalue weighted by molar-refractivity contribution is -0.140. The van der Waals surface area contributed by atoms with E-state index in [1.54, 1.807) is 0 Å². The van der Waals surface area contributed by atoms with E-state index in [2.05, 4.69) is 4.98 Å². The van der Waals surface area contributed by atoms with Crippen molar-refractivity contribution >= 4 is 0 Å². The molecule has 0 spiro atoms. The number of rotatable bonds is 1. The average Bonchev–Trinajstić information content (AvgIpc) is 2.66. The lowest BCUT2D eigenvalue weighted by atomic mass is 10.2. The number of hydrogen-bond donors (Lipinski definition) is 1. The number of aromatic amines is 1. The first-order chi connectivity index (χ1) is 5.57. The zero-order chi connectivity index (χ0) is 8.77. The summed E-state index contributed by atoms with van der Waals surface area (Å²) in [5, 5.41) is 0. The molecule has 1 aromatic rings. The van der Waals surface area contributed by atoms with Gasteiger partial charge in [-0.3, -0.25) is 0 Å². The zero-order valence-electron chi connectivity index (χ0n) is 6.28. The fourth-order valence-corrected chi connectivity index (χ4v) is 1.23. The summed E-state index contributed by atoms with van der Waals surface area (Å²) in [4.78, 5) is 2.24. The van der Waals surface area contributed by atoms with Gasteiger partial charge in [-0.2, -0.15) is 13.2 Å². The Bertz CT molecular complexity index is 283. The summed E-state index contributed by atoms with van der Waals surface area (Å²) in [7, 11) is 0. The van der Waals surface area contributed by atoms with E-state index >= 15 is 0 Å². The van der Waals surface area contributed by atoms with Gasteiger partial charge in [-0.1, -0.05) is 0 Å². The lowest BCUT2D eigenvalue weighted by Gasteiger charge is -2.00. The summed E-state index contributed by atoms with van der Waals surface area (Å²) in [5.41, 5.74) is 0.159. The van der Waals surface area contributed by atoms with E-state index in [1.807, 2.05) is 0 Å². The molecule has 1 nitrogen and oxygen atoms in total. The highest BCUT2D eigenvalue weighted by Crippen LogP contribution is 2.41. The molecule has 0 bridgehead atoms. The third-order valence-corrected chi connectivity index (χ3v) is 2.06. The first kappa shape index (κ1) is 7.71. The van der Waals surface area contributed by atoms with Crippen LogP contribution in [-0.2, 0) is 6.18 Å². The van der Waals surface area contributed by atoms with Crippen molar-refractivity contribution < 1.29 is 13.2 Å². The second-order valence-corrected chi connectivity index (χ2v) is 3.12. The Morgan fingerprint density at radius 3 is 2.42 bits per heavy atom. The SMILES string of the molecule is FC(F)(F)c1cc(C2CC2)c[nH]1. The van der Waals surface area contributed by atoms with Crippen molar-refractivity contribution in [3.05, 3.63) is 23.5 Å². The van der Waals surface area contributed by atoms with Gasteiger partial charge in [-0.25, -0.2) is 0 Å². The number of hydrogen-bond acceptors (Lipinski definition) is 0.